The highest BCUT2D eigenvalue weighted by molar-refractivity contribution is 7.81. The van der Waals surface area contributed by atoms with E-state index >= 15 is 0 Å². The van der Waals surface area contributed by atoms with Crippen LogP contribution < -0.4 is 5.32 Å². The minimum absolute atomic E-state index is 0.0157. The third kappa shape index (κ3) is 11.7. The molecule has 0 aromatic rings. The normalized spacial score (nSPS) is 11.5. The number of nitrogens with one attached hydrogen (secondary N) is 1. The Balaban J connectivity index is 3.34. The molecule has 0 saturated carbocycles. The van der Waals surface area contributed by atoms with Crippen LogP contribution in [0, 0.1) is 0 Å². The van der Waals surface area contributed by atoms with Gasteiger partial charge in [-0.1, -0.05) is 13.8 Å². The summed E-state index contributed by atoms with van der Waals surface area (Å²) in [4.78, 5) is 11.3. The van der Waals surface area contributed by atoms with Crippen LogP contribution in [-0.4, -0.2) is 42.1 Å². The Hall–Kier alpha value is -0.260. The summed E-state index contributed by atoms with van der Waals surface area (Å²) in [7, 11) is 0. The molecule has 15 heavy (non-hydrogen) atoms. The van der Waals surface area contributed by atoms with Gasteiger partial charge in [0.05, 0.1) is 19.8 Å². The third-order valence-corrected chi connectivity index (χ3v) is 1.99. The molecule has 0 fully saturated rings. The molecule has 0 atom stereocenters. The molecule has 0 unspecified atom stereocenters. The summed E-state index contributed by atoms with van der Waals surface area (Å²) in [6, 6.07) is 0. The molecule has 0 aliphatic heterocycles. The van der Waals surface area contributed by atoms with E-state index in [9.17, 15) is 4.79 Å². The van der Waals surface area contributed by atoms with Gasteiger partial charge < -0.3 is 15.2 Å². The fourth-order valence-corrected chi connectivity index (χ4v) is 1.05. The number of aliphatic hydroxyl groups excluding tert-OH is 1. The number of rotatable bonds is 8. The number of amides is 1. The van der Waals surface area contributed by atoms with Crippen molar-refractivity contribution in [3.63, 3.8) is 0 Å². The van der Waals surface area contributed by atoms with E-state index in [0.29, 0.717) is 26.2 Å². The Kier molecular flexibility index (Phi) is 7.82. The van der Waals surface area contributed by atoms with Crippen molar-refractivity contribution in [3.05, 3.63) is 0 Å². The van der Waals surface area contributed by atoms with Crippen molar-refractivity contribution in [3.8, 4) is 0 Å². The fraction of sp³-hybridized carbons (Fsp3) is 0.900. The van der Waals surface area contributed by atoms with Crippen molar-refractivity contribution < 1.29 is 14.6 Å². The zero-order valence-electron chi connectivity index (χ0n) is 9.45. The minimum atomic E-state index is -0.106. The van der Waals surface area contributed by atoms with E-state index in [2.05, 4.69) is 17.9 Å². The maximum atomic E-state index is 11.3. The Morgan fingerprint density at radius 2 is 2.13 bits per heavy atom. The van der Waals surface area contributed by atoms with Gasteiger partial charge in [-0.2, -0.15) is 12.6 Å². The zero-order valence-corrected chi connectivity index (χ0v) is 10.3. The van der Waals surface area contributed by atoms with Crippen LogP contribution in [0.25, 0.3) is 0 Å². The molecule has 0 radical (unpaired) electrons. The molecule has 0 heterocycles. The molecule has 0 rings (SSSR count). The van der Waals surface area contributed by atoms with Crippen molar-refractivity contribution in [2.75, 3.05) is 26.4 Å². The second-order valence-electron chi connectivity index (χ2n) is 4.00. The first-order valence-corrected chi connectivity index (χ1v) is 5.58. The monoisotopic (exact) mass is 235 g/mol. The Morgan fingerprint density at radius 1 is 1.47 bits per heavy atom. The van der Waals surface area contributed by atoms with E-state index in [-0.39, 0.29) is 17.3 Å². The predicted octanol–water partition coefficient (Wildman–Crippen LogP) is 0.600. The zero-order chi connectivity index (χ0) is 11.7. The van der Waals surface area contributed by atoms with Gasteiger partial charge in [0.1, 0.15) is 0 Å². The highest BCUT2D eigenvalue weighted by Crippen LogP contribution is 2.18. The molecule has 0 aliphatic carbocycles. The van der Waals surface area contributed by atoms with Gasteiger partial charge in [-0.05, 0) is 6.42 Å². The van der Waals surface area contributed by atoms with Crippen molar-refractivity contribution in [1.82, 2.24) is 5.32 Å². The standard InChI is InChI=1S/C10H21NO3S/c1-10(2,15)4-3-9(13)11-5-7-14-8-6-12/h12,15H,3-8H2,1-2H3,(H,11,13). The molecule has 0 spiro atoms. The van der Waals surface area contributed by atoms with Gasteiger partial charge in [0, 0.05) is 17.7 Å². The van der Waals surface area contributed by atoms with Crippen LogP contribution >= 0.6 is 12.6 Å². The van der Waals surface area contributed by atoms with E-state index in [1.165, 1.54) is 0 Å². The van der Waals surface area contributed by atoms with Gasteiger partial charge in [0.2, 0.25) is 5.91 Å². The summed E-state index contributed by atoms with van der Waals surface area (Å²) in [6.45, 7) is 5.23. The maximum absolute atomic E-state index is 11.3. The number of ether oxygens (including phenoxy) is 1. The lowest BCUT2D eigenvalue weighted by Gasteiger charge is -2.16. The minimum Gasteiger partial charge on any atom is -0.394 e. The topological polar surface area (TPSA) is 58.6 Å². The first-order chi connectivity index (χ1) is 6.95. The van der Waals surface area contributed by atoms with Crippen LogP contribution in [0.1, 0.15) is 26.7 Å². The molecule has 0 aliphatic rings. The summed E-state index contributed by atoms with van der Waals surface area (Å²) in [6.07, 6.45) is 1.23. The summed E-state index contributed by atoms with van der Waals surface area (Å²) >= 11 is 4.33. The van der Waals surface area contributed by atoms with Crippen molar-refractivity contribution in [1.29, 1.82) is 0 Å². The number of aliphatic hydroxyl groups is 1. The molecular formula is C10H21NO3S. The average Bonchev–Trinajstić information content (AvgIpc) is 2.13. The molecule has 0 bridgehead atoms. The lowest BCUT2D eigenvalue weighted by atomic mass is 10.1. The second kappa shape index (κ2) is 7.96. The van der Waals surface area contributed by atoms with Gasteiger partial charge in [0.15, 0.2) is 0 Å². The van der Waals surface area contributed by atoms with E-state index in [0.717, 1.165) is 6.42 Å². The number of thiol groups is 1. The summed E-state index contributed by atoms with van der Waals surface area (Å²) in [5, 5.41) is 11.2. The Labute approximate surface area is 96.8 Å². The van der Waals surface area contributed by atoms with E-state index in [1.807, 2.05) is 13.8 Å². The van der Waals surface area contributed by atoms with Crippen molar-refractivity contribution in [2.45, 2.75) is 31.4 Å². The first kappa shape index (κ1) is 14.7. The molecule has 0 aromatic heterocycles. The number of carbonyl (C=O) groups is 1. The number of hydrogen-bond donors (Lipinski definition) is 3. The molecular weight excluding hydrogens is 214 g/mol. The van der Waals surface area contributed by atoms with E-state index in [1.54, 1.807) is 0 Å². The lowest BCUT2D eigenvalue weighted by Crippen LogP contribution is -2.28. The summed E-state index contributed by atoms with van der Waals surface area (Å²) < 4.78 is 4.89. The number of carbonyl (C=O) groups excluding carboxylic acids is 1. The quantitative estimate of drug-likeness (QED) is 0.426. The molecule has 90 valence electrons. The highest BCUT2D eigenvalue weighted by Gasteiger charge is 2.13. The van der Waals surface area contributed by atoms with Gasteiger partial charge >= 0.3 is 0 Å². The highest BCUT2D eigenvalue weighted by atomic mass is 32.1. The lowest BCUT2D eigenvalue weighted by molar-refractivity contribution is -0.121. The van der Waals surface area contributed by atoms with Crippen LogP contribution in [0.15, 0.2) is 0 Å². The van der Waals surface area contributed by atoms with Gasteiger partial charge in [-0.25, -0.2) is 0 Å². The largest absolute Gasteiger partial charge is 0.394 e. The smallest absolute Gasteiger partial charge is 0.220 e. The molecule has 4 nitrogen and oxygen atoms in total. The Bertz CT molecular complexity index is 180. The summed E-state index contributed by atoms with van der Waals surface area (Å²) in [5.41, 5.74) is 0. The summed E-state index contributed by atoms with van der Waals surface area (Å²) in [5.74, 6) is 0.0183. The molecule has 0 aromatic carbocycles. The van der Waals surface area contributed by atoms with Crippen LogP contribution in [0.5, 0.6) is 0 Å². The molecule has 5 heteroatoms. The van der Waals surface area contributed by atoms with Crippen molar-refractivity contribution in [2.24, 2.45) is 0 Å². The van der Waals surface area contributed by atoms with Crippen LogP contribution in [0.3, 0.4) is 0 Å². The maximum Gasteiger partial charge on any atom is 0.220 e. The van der Waals surface area contributed by atoms with Crippen molar-refractivity contribution >= 4 is 18.5 Å². The second-order valence-corrected chi connectivity index (χ2v) is 5.21. The fourth-order valence-electron chi connectivity index (χ4n) is 0.937. The van der Waals surface area contributed by atoms with Gasteiger partial charge in [-0.3, -0.25) is 4.79 Å². The number of hydrogen-bond acceptors (Lipinski definition) is 4. The van der Waals surface area contributed by atoms with Gasteiger partial charge in [0.25, 0.3) is 0 Å². The average molecular weight is 235 g/mol. The predicted molar refractivity (Wildman–Crippen MR) is 63.2 cm³/mol. The van der Waals surface area contributed by atoms with Crippen LogP contribution in [0.4, 0.5) is 0 Å². The van der Waals surface area contributed by atoms with E-state index < -0.39 is 0 Å². The first-order valence-electron chi connectivity index (χ1n) is 5.13. The van der Waals surface area contributed by atoms with Gasteiger partial charge in [-0.15, -0.1) is 0 Å². The van der Waals surface area contributed by atoms with Crippen LogP contribution in [-0.2, 0) is 9.53 Å². The molecule has 2 N–H and O–H groups in total. The van der Waals surface area contributed by atoms with E-state index in [4.69, 9.17) is 9.84 Å². The van der Waals surface area contributed by atoms with Crippen LogP contribution in [0.2, 0.25) is 0 Å². The SMILES string of the molecule is CC(C)(S)CCC(=O)NCCOCCO. The molecule has 0 saturated heterocycles. The Morgan fingerprint density at radius 3 is 2.67 bits per heavy atom. The molecule has 1 amide bonds. The third-order valence-electron chi connectivity index (χ3n) is 1.77.